The number of carbonyl (C=O) groups excluding carboxylic acids is 1. The molecule has 0 unspecified atom stereocenters. The van der Waals surface area contributed by atoms with E-state index in [4.69, 9.17) is 4.74 Å². The molecule has 0 aliphatic carbocycles. The first-order chi connectivity index (χ1) is 9.66. The van der Waals surface area contributed by atoms with Crippen molar-refractivity contribution in [3.05, 3.63) is 33.4 Å². The predicted molar refractivity (Wildman–Crippen MR) is 84.8 cm³/mol. The van der Waals surface area contributed by atoms with E-state index in [1.54, 1.807) is 6.07 Å². The summed E-state index contributed by atoms with van der Waals surface area (Å²) in [7, 11) is 0. The number of aliphatic hydroxyl groups is 1. The first-order valence-corrected chi connectivity index (χ1v) is 7.75. The third-order valence-corrected chi connectivity index (χ3v) is 4.13. The lowest BCUT2D eigenvalue weighted by Crippen LogP contribution is -2.44. The van der Waals surface area contributed by atoms with Crippen molar-refractivity contribution in [1.29, 1.82) is 0 Å². The lowest BCUT2D eigenvalue weighted by molar-refractivity contribution is 0.0149. The minimum Gasteiger partial charge on any atom is -0.390 e. The number of β-amino-alcohol motifs (C(OH)–C–C–N with tert-alkyl or cyclic N) is 1. The maximum atomic E-state index is 12.0. The largest absolute Gasteiger partial charge is 0.390 e. The van der Waals surface area contributed by atoms with Gasteiger partial charge in [0.2, 0.25) is 0 Å². The fourth-order valence-corrected chi connectivity index (χ4v) is 2.73. The Kier molecular flexibility index (Phi) is 6.21. The molecule has 1 aliphatic rings. The first kappa shape index (κ1) is 15.7. The van der Waals surface area contributed by atoms with Crippen LogP contribution in [0.4, 0.5) is 0 Å². The van der Waals surface area contributed by atoms with E-state index in [1.807, 2.05) is 18.2 Å². The van der Waals surface area contributed by atoms with Crippen LogP contribution < -0.4 is 5.32 Å². The molecule has 2 N–H and O–H groups in total. The van der Waals surface area contributed by atoms with E-state index in [-0.39, 0.29) is 12.5 Å². The van der Waals surface area contributed by atoms with Crippen LogP contribution in [0.2, 0.25) is 0 Å². The Morgan fingerprint density at radius 2 is 2.10 bits per heavy atom. The molecule has 1 amide bonds. The average molecular weight is 390 g/mol. The normalized spacial score (nSPS) is 17.7. The van der Waals surface area contributed by atoms with Crippen LogP contribution in [-0.2, 0) is 4.74 Å². The quantitative estimate of drug-likeness (QED) is 0.728. The Hall–Kier alpha value is -0.700. The van der Waals surface area contributed by atoms with Gasteiger partial charge in [0.15, 0.2) is 0 Å². The van der Waals surface area contributed by atoms with E-state index in [2.05, 4.69) is 32.8 Å². The molecule has 1 fully saturated rings. The second-order valence-corrected chi connectivity index (χ2v) is 5.92. The number of hydrogen-bond donors (Lipinski definition) is 2. The molecule has 1 heterocycles. The topological polar surface area (TPSA) is 61.8 Å². The van der Waals surface area contributed by atoms with Crippen molar-refractivity contribution in [3.8, 4) is 0 Å². The van der Waals surface area contributed by atoms with Crippen molar-refractivity contribution in [2.45, 2.75) is 6.10 Å². The van der Waals surface area contributed by atoms with Crippen molar-refractivity contribution in [1.82, 2.24) is 10.2 Å². The van der Waals surface area contributed by atoms with Gasteiger partial charge in [-0.05, 0) is 34.7 Å². The van der Waals surface area contributed by atoms with Gasteiger partial charge >= 0.3 is 0 Å². The van der Waals surface area contributed by atoms with Gasteiger partial charge in [-0.3, -0.25) is 9.69 Å². The molecule has 1 saturated heterocycles. The number of morpholine rings is 1. The Labute approximate surface area is 132 Å². The number of rotatable bonds is 5. The fourth-order valence-electron chi connectivity index (χ4n) is 2.10. The number of aliphatic hydroxyl groups excluding tert-OH is 1. The average Bonchev–Trinajstić information content (AvgIpc) is 2.46. The second kappa shape index (κ2) is 7.92. The van der Waals surface area contributed by atoms with Crippen molar-refractivity contribution in [2.24, 2.45) is 0 Å². The minimum atomic E-state index is -0.557. The highest BCUT2D eigenvalue weighted by molar-refractivity contribution is 14.1. The van der Waals surface area contributed by atoms with Gasteiger partial charge < -0.3 is 15.2 Å². The van der Waals surface area contributed by atoms with Crippen molar-refractivity contribution in [3.63, 3.8) is 0 Å². The van der Waals surface area contributed by atoms with Crippen molar-refractivity contribution < 1.29 is 14.6 Å². The molecule has 0 bridgehead atoms. The van der Waals surface area contributed by atoms with Gasteiger partial charge in [-0.25, -0.2) is 0 Å². The summed E-state index contributed by atoms with van der Waals surface area (Å²) in [5.41, 5.74) is 0.645. The number of hydrogen-bond acceptors (Lipinski definition) is 4. The number of benzene rings is 1. The van der Waals surface area contributed by atoms with Crippen LogP contribution in [0.15, 0.2) is 24.3 Å². The van der Waals surface area contributed by atoms with E-state index in [9.17, 15) is 9.90 Å². The van der Waals surface area contributed by atoms with Crippen LogP contribution >= 0.6 is 22.6 Å². The molecule has 5 nitrogen and oxygen atoms in total. The molecule has 20 heavy (non-hydrogen) atoms. The van der Waals surface area contributed by atoms with E-state index in [0.29, 0.717) is 25.3 Å². The highest BCUT2D eigenvalue weighted by Gasteiger charge is 2.16. The summed E-state index contributed by atoms with van der Waals surface area (Å²) >= 11 is 2.13. The Balaban J connectivity index is 1.76. The summed E-state index contributed by atoms with van der Waals surface area (Å²) in [6.45, 7) is 3.92. The SMILES string of the molecule is O=C(NC[C@H](O)CN1CCOCC1)c1ccccc1I. The summed E-state index contributed by atoms with van der Waals surface area (Å²) < 4.78 is 6.16. The standard InChI is InChI=1S/C14H19IN2O3/c15-13-4-2-1-3-12(13)14(19)16-9-11(18)10-17-5-7-20-8-6-17/h1-4,11,18H,5-10H2,(H,16,19)/t11-/m0/s1. The summed E-state index contributed by atoms with van der Waals surface area (Å²) in [6, 6.07) is 7.40. The Bertz CT molecular complexity index is 450. The van der Waals surface area contributed by atoms with Gasteiger partial charge in [0.1, 0.15) is 0 Å². The molecule has 1 aliphatic heterocycles. The molecular formula is C14H19IN2O3. The number of nitrogens with one attached hydrogen (secondary N) is 1. The van der Waals surface area contributed by atoms with E-state index >= 15 is 0 Å². The van der Waals surface area contributed by atoms with Crippen molar-refractivity contribution >= 4 is 28.5 Å². The second-order valence-electron chi connectivity index (χ2n) is 4.76. The predicted octanol–water partition coefficient (Wildman–Crippen LogP) is 0.714. The smallest absolute Gasteiger partial charge is 0.252 e. The zero-order valence-electron chi connectivity index (χ0n) is 11.2. The van der Waals surface area contributed by atoms with Crippen LogP contribution in [-0.4, -0.2) is 61.4 Å². The monoisotopic (exact) mass is 390 g/mol. The summed E-state index contributed by atoms with van der Waals surface area (Å²) in [5, 5.41) is 12.7. The lowest BCUT2D eigenvalue weighted by atomic mass is 10.2. The van der Waals surface area contributed by atoms with E-state index < -0.39 is 6.10 Å². The molecule has 2 rings (SSSR count). The zero-order valence-corrected chi connectivity index (χ0v) is 13.4. The molecule has 1 aromatic carbocycles. The van der Waals surface area contributed by atoms with Gasteiger partial charge in [-0.15, -0.1) is 0 Å². The van der Waals surface area contributed by atoms with Crippen molar-refractivity contribution in [2.75, 3.05) is 39.4 Å². The fraction of sp³-hybridized carbons (Fsp3) is 0.500. The van der Waals surface area contributed by atoms with Crippen LogP contribution in [0.1, 0.15) is 10.4 Å². The maximum absolute atomic E-state index is 12.0. The summed E-state index contributed by atoms with van der Waals surface area (Å²) in [5.74, 6) is -0.143. The molecule has 0 saturated carbocycles. The number of nitrogens with zero attached hydrogens (tertiary/aromatic N) is 1. The van der Waals surface area contributed by atoms with Gasteiger partial charge in [0.05, 0.1) is 24.9 Å². The molecular weight excluding hydrogens is 371 g/mol. The molecule has 1 aromatic rings. The van der Waals surface area contributed by atoms with E-state index in [1.165, 1.54) is 0 Å². The number of halogens is 1. The Morgan fingerprint density at radius 1 is 1.40 bits per heavy atom. The van der Waals surface area contributed by atoms with Crippen LogP contribution in [0.5, 0.6) is 0 Å². The van der Waals surface area contributed by atoms with Gasteiger partial charge in [-0.2, -0.15) is 0 Å². The number of carbonyl (C=O) groups is 1. The third kappa shape index (κ3) is 4.69. The molecule has 0 radical (unpaired) electrons. The van der Waals surface area contributed by atoms with E-state index in [0.717, 1.165) is 16.7 Å². The minimum absolute atomic E-state index is 0.143. The highest BCUT2D eigenvalue weighted by atomic mass is 127. The number of amides is 1. The van der Waals surface area contributed by atoms with Gasteiger partial charge in [0.25, 0.3) is 5.91 Å². The molecule has 0 aromatic heterocycles. The summed E-state index contributed by atoms with van der Waals surface area (Å²) in [6.07, 6.45) is -0.557. The van der Waals surface area contributed by atoms with Crippen LogP contribution in [0.25, 0.3) is 0 Å². The van der Waals surface area contributed by atoms with Gasteiger partial charge in [0, 0.05) is 29.7 Å². The maximum Gasteiger partial charge on any atom is 0.252 e. The lowest BCUT2D eigenvalue weighted by Gasteiger charge is -2.28. The van der Waals surface area contributed by atoms with Crippen LogP contribution in [0.3, 0.4) is 0 Å². The number of ether oxygens (including phenoxy) is 1. The Morgan fingerprint density at radius 3 is 2.80 bits per heavy atom. The molecule has 6 heteroatoms. The molecule has 110 valence electrons. The highest BCUT2D eigenvalue weighted by Crippen LogP contribution is 2.11. The third-order valence-electron chi connectivity index (χ3n) is 3.19. The summed E-state index contributed by atoms with van der Waals surface area (Å²) in [4.78, 5) is 14.1. The molecule has 0 spiro atoms. The van der Waals surface area contributed by atoms with Gasteiger partial charge in [-0.1, -0.05) is 12.1 Å². The first-order valence-electron chi connectivity index (χ1n) is 6.67. The van der Waals surface area contributed by atoms with Crippen LogP contribution in [0, 0.1) is 3.57 Å². The zero-order chi connectivity index (χ0) is 14.4. The molecule has 1 atom stereocenters.